The SMILES string of the molecule is C#C.C/C=C(\C)C(=O)c1n[nH]c2cc(OC)ccc12.C=CC. The number of terminal acetylenes is 1. The number of ketones is 1. The van der Waals surface area contributed by atoms with Gasteiger partial charge >= 0.3 is 0 Å². The Morgan fingerprint density at radius 3 is 2.45 bits per heavy atom. The highest BCUT2D eigenvalue weighted by atomic mass is 16.5. The zero-order valence-electron chi connectivity index (χ0n) is 13.5. The summed E-state index contributed by atoms with van der Waals surface area (Å²) in [6, 6.07) is 5.48. The quantitative estimate of drug-likeness (QED) is 0.400. The van der Waals surface area contributed by atoms with Crippen LogP contribution in [0.1, 0.15) is 31.3 Å². The lowest BCUT2D eigenvalue weighted by Gasteiger charge is -1.99. The van der Waals surface area contributed by atoms with E-state index in [9.17, 15) is 4.79 Å². The van der Waals surface area contributed by atoms with Crippen LogP contribution in [0.5, 0.6) is 5.75 Å². The molecular weight excluding hydrogens is 276 g/mol. The van der Waals surface area contributed by atoms with Crippen LogP contribution in [0.25, 0.3) is 10.9 Å². The molecule has 4 nitrogen and oxygen atoms in total. The fourth-order valence-electron chi connectivity index (χ4n) is 1.62. The summed E-state index contributed by atoms with van der Waals surface area (Å²) in [4.78, 5) is 12.0. The minimum absolute atomic E-state index is 0.0519. The van der Waals surface area contributed by atoms with Crippen molar-refractivity contribution in [1.29, 1.82) is 0 Å². The van der Waals surface area contributed by atoms with E-state index >= 15 is 0 Å². The smallest absolute Gasteiger partial charge is 0.209 e. The van der Waals surface area contributed by atoms with Crippen molar-refractivity contribution in [2.75, 3.05) is 7.11 Å². The molecule has 0 spiro atoms. The predicted octanol–water partition coefficient (Wildman–Crippen LogP) is 4.16. The second-order valence-corrected chi connectivity index (χ2v) is 4.19. The predicted molar refractivity (Wildman–Crippen MR) is 92.2 cm³/mol. The van der Waals surface area contributed by atoms with Crippen molar-refractivity contribution in [3.63, 3.8) is 0 Å². The number of ether oxygens (including phenoxy) is 1. The highest BCUT2D eigenvalue weighted by molar-refractivity contribution is 6.14. The Morgan fingerprint density at radius 1 is 1.36 bits per heavy atom. The average molecular weight is 298 g/mol. The Morgan fingerprint density at radius 2 is 1.95 bits per heavy atom. The molecule has 0 atom stereocenters. The number of aromatic amines is 1. The van der Waals surface area contributed by atoms with Crippen LogP contribution in [0, 0.1) is 12.8 Å². The van der Waals surface area contributed by atoms with E-state index in [2.05, 4.69) is 29.6 Å². The van der Waals surface area contributed by atoms with E-state index in [1.54, 1.807) is 26.2 Å². The number of methoxy groups -OCH3 is 1. The number of carbonyl (C=O) groups is 1. The van der Waals surface area contributed by atoms with Crippen molar-refractivity contribution < 1.29 is 9.53 Å². The van der Waals surface area contributed by atoms with Gasteiger partial charge in [0, 0.05) is 11.5 Å². The molecule has 0 radical (unpaired) electrons. The van der Waals surface area contributed by atoms with Crippen LogP contribution in [0.15, 0.2) is 42.5 Å². The van der Waals surface area contributed by atoms with Gasteiger partial charge in [-0.25, -0.2) is 0 Å². The number of hydrogen-bond acceptors (Lipinski definition) is 3. The number of hydrogen-bond donors (Lipinski definition) is 1. The number of nitrogens with one attached hydrogen (secondary N) is 1. The van der Waals surface area contributed by atoms with Gasteiger partial charge in [-0.15, -0.1) is 19.4 Å². The van der Waals surface area contributed by atoms with Crippen molar-refractivity contribution in [2.24, 2.45) is 0 Å². The minimum Gasteiger partial charge on any atom is -0.497 e. The molecule has 1 N–H and O–H groups in total. The van der Waals surface area contributed by atoms with Crippen molar-refractivity contribution >= 4 is 16.7 Å². The van der Waals surface area contributed by atoms with Crippen LogP contribution in [0.2, 0.25) is 0 Å². The number of nitrogens with zero attached hydrogens (tertiary/aromatic N) is 1. The molecule has 0 aliphatic carbocycles. The van der Waals surface area contributed by atoms with Crippen molar-refractivity contribution in [2.45, 2.75) is 20.8 Å². The number of rotatable bonds is 3. The number of aromatic nitrogens is 2. The zero-order chi connectivity index (χ0) is 17.1. The van der Waals surface area contributed by atoms with Crippen LogP contribution in [-0.2, 0) is 0 Å². The van der Waals surface area contributed by atoms with Gasteiger partial charge in [-0.2, -0.15) is 5.10 Å². The molecular formula is C18H22N2O2. The number of H-pyrrole nitrogens is 1. The lowest BCUT2D eigenvalue weighted by Crippen LogP contribution is -2.01. The third kappa shape index (κ3) is 4.64. The van der Waals surface area contributed by atoms with Crippen LogP contribution in [0.4, 0.5) is 0 Å². The summed E-state index contributed by atoms with van der Waals surface area (Å²) >= 11 is 0. The molecule has 0 saturated carbocycles. The van der Waals surface area contributed by atoms with Crippen LogP contribution < -0.4 is 4.74 Å². The van der Waals surface area contributed by atoms with Gasteiger partial charge in [0.15, 0.2) is 0 Å². The van der Waals surface area contributed by atoms with Crippen LogP contribution in [-0.4, -0.2) is 23.1 Å². The van der Waals surface area contributed by atoms with E-state index in [-0.39, 0.29) is 5.78 Å². The first kappa shape index (κ1) is 19.2. The van der Waals surface area contributed by atoms with E-state index in [0.717, 1.165) is 16.7 Å². The summed E-state index contributed by atoms with van der Waals surface area (Å²) in [5, 5.41) is 7.73. The van der Waals surface area contributed by atoms with Gasteiger partial charge in [0.05, 0.1) is 12.6 Å². The van der Waals surface area contributed by atoms with E-state index in [4.69, 9.17) is 4.74 Å². The summed E-state index contributed by atoms with van der Waals surface area (Å²) < 4.78 is 5.12. The molecule has 2 aromatic rings. The maximum absolute atomic E-state index is 12.0. The summed E-state index contributed by atoms with van der Waals surface area (Å²) in [6.45, 7) is 8.87. The van der Waals surface area contributed by atoms with Crippen LogP contribution >= 0.6 is 0 Å². The first-order valence-corrected chi connectivity index (χ1v) is 6.69. The number of benzene rings is 1. The molecule has 2 rings (SSSR count). The summed E-state index contributed by atoms with van der Waals surface area (Å²) in [5.41, 5.74) is 1.95. The standard InChI is InChI=1S/C13H14N2O2.C3H6.C2H2/c1-4-8(2)13(16)12-10-6-5-9(17-3)7-11(10)14-15-12;1-3-2;1-2/h4-7H,1-3H3,(H,14,15);3H,1H2,2H3;1-2H/b8-4+;;. The highest BCUT2D eigenvalue weighted by Crippen LogP contribution is 2.23. The third-order valence-electron chi connectivity index (χ3n) is 2.78. The van der Waals surface area contributed by atoms with Gasteiger partial charge in [-0.3, -0.25) is 9.89 Å². The minimum atomic E-state index is -0.0519. The number of carbonyl (C=O) groups excluding carboxylic acids is 1. The largest absolute Gasteiger partial charge is 0.497 e. The molecule has 22 heavy (non-hydrogen) atoms. The van der Waals surface area contributed by atoms with Gasteiger partial charge in [-0.1, -0.05) is 12.2 Å². The van der Waals surface area contributed by atoms with E-state index in [1.165, 1.54) is 0 Å². The molecule has 0 bridgehead atoms. The second-order valence-electron chi connectivity index (χ2n) is 4.19. The van der Waals surface area contributed by atoms with Gasteiger partial charge < -0.3 is 4.74 Å². The Bertz CT molecular complexity index is 679. The number of fused-ring (bicyclic) bond motifs is 1. The molecule has 0 saturated heterocycles. The highest BCUT2D eigenvalue weighted by Gasteiger charge is 2.15. The van der Waals surface area contributed by atoms with E-state index < -0.39 is 0 Å². The maximum atomic E-state index is 12.0. The molecule has 1 aromatic heterocycles. The van der Waals surface area contributed by atoms with Gasteiger partial charge in [0.1, 0.15) is 11.4 Å². The zero-order valence-corrected chi connectivity index (χ0v) is 13.5. The number of allylic oxidation sites excluding steroid dienone is 3. The van der Waals surface area contributed by atoms with Gasteiger partial charge in [-0.05, 0) is 38.5 Å². The van der Waals surface area contributed by atoms with E-state index in [1.807, 2.05) is 32.0 Å². The van der Waals surface area contributed by atoms with Crippen LogP contribution in [0.3, 0.4) is 0 Å². The normalized spacial score (nSPS) is 9.82. The number of Topliss-reactive ketones (excluding diaryl/α,β-unsaturated/α-hetero) is 1. The van der Waals surface area contributed by atoms with Gasteiger partial charge in [0.2, 0.25) is 5.78 Å². The summed E-state index contributed by atoms with van der Waals surface area (Å²) in [6.07, 6.45) is 11.5. The molecule has 0 aliphatic heterocycles. The molecule has 0 amide bonds. The van der Waals surface area contributed by atoms with Crippen molar-refractivity contribution in [3.05, 3.63) is 48.2 Å². The Labute approximate surface area is 131 Å². The van der Waals surface area contributed by atoms with E-state index in [0.29, 0.717) is 11.3 Å². The first-order chi connectivity index (χ1) is 10.6. The third-order valence-corrected chi connectivity index (χ3v) is 2.78. The fourth-order valence-corrected chi connectivity index (χ4v) is 1.62. The summed E-state index contributed by atoms with van der Waals surface area (Å²) in [5.74, 6) is 0.687. The Balaban J connectivity index is 0.000000789. The lowest BCUT2D eigenvalue weighted by molar-refractivity contribution is 0.103. The van der Waals surface area contributed by atoms with Crippen molar-refractivity contribution in [1.82, 2.24) is 10.2 Å². The molecule has 0 aliphatic rings. The topological polar surface area (TPSA) is 55.0 Å². The Hall–Kier alpha value is -2.80. The second kappa shape index (κ2) is 10.0. The van der Waals surface area contributed by atoms with Crippen molar-refractivity contribution in [3.8, 4) is 18.6 Å². The van der Waals surface area contributed by atoms with Gasteiger partial charge in [0.25, 0.3) is 0 Å². The molecule has 4 heteroatoms. The molecule has 1 aromatic carbocycles. The fraction of sp³-hybridized carbons (Fsp3) is 0.222. The monoisotopic (exact) mass is 298 g/mol. The molecule has 0 unspecified atom stereocenters. The molecule has 0 fully saturated rings. The summed E-state index contributed by atoms with van der Waals surface area (Å²) in [7, 11) is 1.60. The average Bonchev–Trinajstić information content (AvgIpc) is 2.98. The Kier molecular flexibility index (Phi) is 8.73. The lowest BCUT2D eigenvalue weighted by atomic mass is 10.1. The molecule has 1 heterocycles. The molecule has 116 valence electrons. The first-order valence-electron chi connectivity index (χ1n) is 6.69. The maximum Gasteiger partial charge on any atom is 0.209 e.